The molecule has 0 fully saturated rings. The molecule has 0 aliphatic carbocycles. The summed E-state index contributed by atoms with van der Waals surface area (Å²) in [4.78, 5) is 14.9. The lowest BCUT2D eigenvalue weighted by atomic mass is 10.0. The van der Waals surface area contributed by atoms with Crippen LogP contribution in [-0.4, -0.2) is 16.1 Å². The predicted molar refractivity (Wildman–Crippen MR) is 68.7 cm³/mol. The lowest BCUT2D eigenvalue weighted by molar-refractivity contribution is 0.0698. The molecular formula is C12H8BrFN2O2. The van der Waals surface area contributed by atoms with Gasteiger partial charge in [0.1, 0.15) is 17.2 Å². The van der Waals surface area contributed by atoms with Crippen molar-refractivity contribution in [1.82, 2.24) is 4.98 Å². The van der Waals surface area contributed by atoms with Crippen molar-refractivity contribution in [3.05, 3.63) is 46.3 Å². The van der Waals surface area contributed by atoms with E-state index < -0.39 is 11.8 Å². The van der Waals surface area contributed by atoms with Crippen LogP contribution in [0.4, 0.5) is 10.2 Å². The molecule has 0 atom stereocenters. The summed E-state index contributed by atoms with van der Waals surface area (Å²) >= 11 is 3.21. The Morgan fingerprint density at radius 3 is 2.72 bits per heavy atom. The summed E-state index contributed by atoms with van der Waals surface area (Å²) in [5.41, 5.74) is 5.69. The molecule has 3 N–H and O–H groups in total. The van der Waals surface area contributed by atoms with Crippen LogP contribution < -0.4 is 5.73 Å². The van der Waals surface area contributed by atoms with Gasteiger partial charge < -0.3 is 10.8 Å². The number of nitrogens with two attached hydrogens (primary N) is 1. The van der Waals surface area contributed by atoms with E-state index in [0.29, 0.717) is 4.47 Å². The quantitative estimate of drug-likeness (QED) is 0.894. The predicted octanol–water partition coefficient (Wildman–Crippen LogP) is 2.93. The number of aromatic carboxylic acids is 1. The van der Waals surface area contributed by atoms with Crippen molar-refractivity contribution in [2.45, 2.75) is 0 Å². The van der Waals surface area contributed by atoms with Crippen molar-refractivity contribution < 1.29 is 14.3 Å². The van der Waals surface area contributed by atoms with Crippen LogP contribution in [0.15, 0.2) is 34.9 Å². The lowest BCUT2D eigenvalue weighted by Crippen LogP contribution is -2.07. The SMILES string of the molecule is Nc1nccc(-c2cc(Br)ccc2F)c1C(=O)O. The second kappa shape index (κ2) is 4.73. The van der Waals surface area contributed by atoms with Gasteiger partial charge in [-0.3, -0.25) is 0 Å². The fourth-order valence-electron chi connectivity index (χ4n) is 1.63. The van der Waals surface area contributed by atoms with Gasteiger partial charge in [0.2, 0.25) is 0 Å². The minimum atomic E-state index is -1.24. The van der Waals surface area contributed by atoms with Crippen molar-refractivity contribution in [3.63, 3.8) is 0 Å². The monoisotopic (exact) mass is 310 g/mol. The highest BCUT2D eigenvalue weighted by molar-refractivity contribution is 9.10. The number of rotatable bonds is 2. The molecule has 0 saturated carbocycles. The Kier molecular flexibility index (Phi) is 3.29. The largest absolute Gasteiger partial charge is 0.478 e. The normalized spacial score (nSPS) is 10.3. The molecule has 18 heavy (non-hydrogen) atoms. The number of hydrogen-bond acceptors (Lipinski definition) is 3. The minimum absolute atomic E-state index is 0.139. The van der Waals surface area contributed by atoms with E-state index in [0.717, 1.165) is 0 Å². The Balaban J connectivity index is 2.75. The third-order valence-electron chi connectivity index (χ3n) is 2.41. The van der Waals surface area contributed by atoms with Gasteiger partial charge in [0.05, 0.1) is 0 Å². The molecular weight excluding hydrogens is 303 g/mol. The van der Waals surface area contributed by atoms with E-state index >= 15 is 0 Å². The molecule has 0 saturated heterocycles. The molecule has 2 rings (SSSR count). The summed E-state index contributed by atoms with van der Waals surface area (Å²) in [5.74, 6) is -1.90. The van der Waals surface area contributed by atoms with Crippen LogP contribution in [-0.2, 0) is 0 Å². The second-order valence-corrected chi connectivity index (χ2v) is 4.46. The maximum absolute atomic E-state index is 13.8. The number of anilines is 1. The summed E-state index contributed by atoms with van der Waals surface area (Å²) < 4.78 is 14.4. The highest BCUT2D eigenvalue weighted by atomic mass is 79.9. The first kappa shape index (κ1) is 12.5. The van der Waals surface area contributed by atoms with E-state index in [1.807, 2.05) is 0 Å². The van der Waals surface area contributed by atoms with E-state index in [1.54, 1.807) is 0 Å². The number of pyridine rings is 1. The van der Waals surface area contributed by atoms with Crippen molar-refractivity contribution in [2.75, 3.05) is 5.73 Å². The topological polar surface area (TPSA) is 76.2 Å². The number of halogens is 2. The van der Waals surface area contributed by atoms with Crippen LogP contribution in [0, 0.1) is 5.82 Å². The lowest BCUT2D eigenvalue weighted by Gasteiger charge is -2.09. The molecule has 1 aromatic heterocycles. The van der Waals surface area contributed by atoms with Crippen molar-refractivity contribution in [2.24, 2.45) is 0 Å². The Morgan fingerprint density at radius 1 is 1.33 bits per heavy atom. The van der Waals surface area contributed by atoms with Crippen molar-refractivity contribution >= 4 is 27.7 Å². The number of benzene rings is 1. The number of nitrogen functional groups attached to an aromatic ring is 1. The van der Waals surface area contributed by atoms with E-state index in [2.05, 4.69) is 20.9 Å². The van der Waals surface area contributed by atoms with Gasteiger partial charge >= 0.3 is 5.97 Å². The van der Waals surface area contributed by atoms with Crippen LogP contribution in [0.3, 0.4) is 0 Å². The summed E-state index contributed by atoms with van der Waals surface area (Å²) in [5, 5.41) is 9.11. The van der Waals surface area contributed by atoms with E-state index in [9.17, 15) is 9.18 Å². The molecule has 92 valence electrons. The van der Waals surface area contributed by atoms with Gasteiger partial charge in [0.15, 0.2) is 0 Å². The molecule has 4 nitrogen and oxygen atoms in total. The molecule has 0 aliphatic heterocycles. The molecule has 0 radical (unpaired) electrons. The number of carbonyl (C=O) groups is 1. The fourth-order valence-corrected chi connectivity index (χ4v) is 1.99. The summed E-state index contributed by atoms with van der Waals surface area (Å²) in [6.45, 7) is 0. The number of aromatic nitrogens is 1. The summed E-state index contributed by atoms with van der Waals surface area (Å²) in [6, 6.07) is 5.70. The number of hydrogen-bond donors (Lipinski definition) is 2. The zero-order valence-corrected chi connectivity index (χ0v) is 10.6. The molecule has 2 aromatic rings. The molecule has 0 aliphatic rings. The third-order valence-corrected chi connectivity index (χ3v) is 2.91. The average molecular weight is 311 g/mol. The first-order valence-corrected chi connectivity index (χ1v) is 5.73. The van der Waals surface area contributed by atoms with Crippen LogP contribution in [0.25, 0.3) is 11.1 Å². The smallest absolute Gasteiger partial charge is 0.340 e. The van der Waals surface area contributed by atoms with Crippen LogP contribution >= 0.6 is 15.9 Å². The maximum atomic E-state index is 13.8. The summed E-state index contributed by atoms with van der Waals surface area (Å²) in [7, 11) is 0. The molecule has 0 spiro atoms. The van der Waals surface area contributed by atoms with Crippen LogP contribution in [0.1, 0.15) is 10.4 Å². The molecule has 1 aromatic carbocycles. The number of nitrogens with zero attached hydrogens (tertiary/aromatic N) is 1. The highest BCUT2D eigenvalue weighted by Crippen LogP contribution is 2.30. The standard InChI is InChI=1S/C12H8BrFN2O2/c13-6-1-2-9(14)8(5-6)7-3-4-16-11(15)10(7)12(17)18/h1-5H,(H2,15,16)(H,17,18). The van der Waals surface area contributed by atoms with Gasteiger partial charge in [-0.15, -0.1) is 0 Å². The Labute approximate surface area is 110 Å². The second-order valence-electron chi connectivity index (χ2n) is 3.55. The number of carboxylic acid groups (broad SMARTS) is 1. The molecule has 0 amide bonds. The molecule has 0 bridgehead atoms. The number of carboxylic acids is 1. The summed E-state index contributed by atoms with van der Waals surface area (Å²) in [6.07, 6.45) is 1.34. The highest BCUT2D eigenvalue weighted by Gasteiger charge is 2.18. The first-order chi connectivity index (χ1) is 8.50. The van der Waals surface area contributed by atoms with Gasteiger partial charge in [-0.1, -0.05) is 15.9 Å². The van der Waals surface area contributed by atoms with Gasteiger partial charge in [-0.25, -0.2) is 14.2 Å². The fraction of sp³-hybridized carbons (Fsp3) is 0. The molecule has 0 unspecified atom stereocenters. The van der Waals surface area contributed by atoms with Crippen molar-refractivity contribution in [3.8, 4) is 11.1 Å². The zero-order chi connectivity index (χ0) is 13.3. The van der Waals surface area contributed by atoms with Gasteiger partial charge in [-0.2, -0.15) is 0 Å². The first-order valence-electron chi connectivity index (χ1n) is 4.94. The Bertz CT molecular complexity index is 631. The third kappa shape index (κ3) is 2.19. The zero-order valence-electron chi connectivity index (χ0n) is 9.02. The Morgan fingerprint density at radius 2 is 2.06 bits per heavy atom. The van der Waals surface area contributed by atoms with E-state index in [-0.39, 0.29) is 22.5 Å². The molecule has 1 heterocycles. The van der Waals surface area contributed by atoms with Gasteiger partial charge in [0, 0.05) is 21.8 Å². The van der Waals surface area contributed by atoms with E-state index in [4.69, 9.17) is 10.8 Å². The van der Waals surface area contributed by atoms with Crippen LogP contribution in [0.5, 0.6) is 0 Å². The van der Waals surface area contributed by atoms with Crippen molar-refractivity contribution in [1.29, 1.82) is 0 Å². The average Bonchev–Trinajstić information content (AvgIpc) is 2.31. The van der Waals surface area contributed by atoms with Gasteiger partial charge in [-0.05, 0) is 24.3 Å². The molecule has 6 heteroatoms. The maximum Gasteiger partial charge on any atom is 0.340 e. The van der Waals surface area contributed by atoms with Gasteiger partial charge in [0.25, 0.3) is 0 Å². The Hall–Kier alpha value is -1.95. The minimum Gasteiger partial charge on any atom is -0.478 e. The van der Waals surface area contributed by atoms with Crippen LogP contribution in [0.2, 0.25) is 0 Å². The van der Waals surface area contributed by atoms with E-state index in [1.165, 1.54) is 30.5 Å².